The zero-order valence-corrected chi connectivity index (χ0v) is 21.4. The highest BCUT2D eigenvalue weighted by Gasteiger charge is 2.47. The van der Waals surface area contributed by atoms with Crippen molar-refractivity contribution in [3.8, 4) is 0 Å². The molecule has 0 bridgehead atoms. The van der Waals surface area contributed by atoms with Crippen molar-refractivity contribution >= 4 is 24.7 Å². The number of unbranched alkanes of at least 4 members (excludes halogenated alkanes) is 1. The molecule has 0 amide bonds. The molecule has 32 heavy (non-hydrogen) atoms. The lowest BCUT2D eigenvalue weighted by Crippen LogP contribution is -2.51. The number of aryl methyl sites for hydroxylation is 1. The van der Waals surface area contributed by atoms with Gasteiger partial charge in [-0.1, -0.05) is 121 Å². The standard InChI is InChI=1S/C31H36Si/c1-6-7-14-26-19-21-27(22-20-26)30-24(3)23(2)25(4)31(30,5)32(28-15-10-8-11-16-28)29-17-12-9-13-18-29/h8-13,15-22,32H,6-7,14H2,1-5H3. The van der Waals surface area contributed by atoms with E-state index < -0.39 is 8.80 Å². The fourth-order valence-electron chi connectivity index (χ4n) is 5.68. The van der Waals surface area contributed by atoms with E-state index in [4.69, 9.17) is 0 Å². The molecule has 1 unspecified atom stereocenters. The van der Waals surface area contributed by atoms with Crippen LogP contribution in [0.5, 0.6) is 0 Å². The zero-order chi connectivity index (χ0) is 22.7. The third kappa shape index (κ3) is 3.95. The number of benzene rings is 3. The molecule has 0 aliphatic heterocycles. The molecule has 0 saturated heterocycles. The van der Waals surface area contributed by atoms with Crippen LogP contribution in [0.25, 0.3) is 5.57 Å². The maximum Gasteiger partial charge on any atom is 0.117 e. The zero-order valence-electron chi connectivity index (χ0n) is 20.3. The van der Waals surface area contributed by atoms with Gasteiger partial charge in [0.15, 0.2) is 0 Å². The van der Waals surface area contributed by atoms with E-state index in [0.29, 0.717) is 0 Å². The summed E-state index contributed by atoms with van der Waals surface area (Å²) in [5.74, 6) is 0. The normalized spacial score (nSPS) is 18.7. The summed E-state index contributed by atoms with van der Waals surface area (Å²) in [5.41, 5.74) is 8.88. The highest BCUT2D eigenvalue weighted by atomic mass is 28.3. The molecular weight excluding hydrogens is 400 g/mol. The SMILES string of the molecule is CCCCc1ccc(C2=C(C)C(C)=C(C)C2(C)[SiH](c2ccccc2)c2ccccc2)cc1. The van der Waals surface area contributed by atoms with Gasteiger partial charge in [0.2, 0.25) is 0 Å². The summed E-state index contributed by atoms with van der Waals surface area (Å²) in [5, 5.41) is 3.06. The van der Waals surface area contributed by atoms with Gasteiger partial charge in [0.25, 0.3) is 0 Å². The molecule has 0 heterocycles. The summed E-state index contributed by atoms with van der Waals surface area (Å²) in [4.78, 5) is 0. The second kappa shape index (κ2) is 9.46. The average molecular weight is 437 g/mol. The Labute approximate surface area is 196 Å². The molecule has 0 aromatic heterocycles. The molecule has 4 rings (SSSR count). The minimum atomic E-state index is -1.63. The lowest BCUT2D eigenvalue weighted by molar-refractivity contribution is 0.795. The Balaban J connectivity index is 1.89. The molecule has 1 aliphatic carbocycles. The number of allylic oxidation sites excluding steroid dienone is 4. The first-order chi connectivity index (χ1) is 15.5. The van der Waals surface area contributed by atoms with Gasteiger partial charge in [-0.25, -0.2) is 0 Å². The quantitative estimate of drug-likeness (QED) is 0.351. The van der Waals surface area contributed by atoms with Crippen LogP contribution in [-0.2, 0) is 6.42 Å². The van der Waals surface area contributed by atoms with Crippen molar-refractivity contribution in [1.82, 2.24) is 0 Å². The van der Waals surface area contributed by atoms with E-state index in [2.05, 4.69) is 120 Å². The van der Waals surface area contributed by atoms with Crippen LogP contribution >= 0.6 is 0 Å². The van der Waals surface area contributed by atoms with Gasteiger partial charge in [-0.2, -0.15) is 0 Å². The third-order valence-corrected chi connectivity index (χ3v) is 11.7. The van der Waals surface area contributed by atoms with Gasteiger partial charge in [-0.05, 0) is 61.5 Å². The van der Waals surface area contributed by atoms with Crippen LogP contribution in [0.4, 0.5) is 0 Å². The highest BCUT2D eigenvalue weighted by Crippen LogP contribution is 2.58. The summed E-state index contributed by atoms with van der Waals surface area (Å²) in [6.45, 7) is 11.8. The van der Waals surface area contributed by atoms with E-state index in [9.17, 15) is 0 Å². The van der Waals surface area contributed by atoms with Crippen LogP contribution < -0.4 is 10.4 Å². The molecule has 0 N–H and O–H groups in total. The lowest BCUT2D eigenvalue weighted by atomic mass is 9.89. The molecule has 1 aliphatic rings. The lowest BCUT2D eigenvalue weighted by Gasteiger charge is -2.39. The smallest absolute Gasteiger partial charge is 0.0654 e. The van der Waals surface area contributed by atoms with Gasteiger partial charge in [0.1, 0.15) is 8.80 Å². The van der Waals surface area contributed by atoms with E-state index in [-0.39, 0.29) is 5.04 Å². The molecule has 1 heteroatoms. The third-order valence-electron chi connectivity index (χ3n) is 7.70. The molecule has 3 aromatic rings. The van der Waals surface area contributed by atoms with Gasteiger partial charge >= 0.3 is 0 Å². The van der Waals surface area contributed by atoms with E-state index in [0.717, 1.165) is 0 Å². The molecule has 0 fully saturated rings. The molecule has 0 saturated carbocycles. The number of rotatable bonds is 7. The second-order valence-corrected chi connectivity index (χ2v) is 12.9. The summed E-state index contributed by atoms with van der Waals surface area (Å²) < 4.78 is 0. The van der Waals surface area contributed by atoms with Crippen molar-refractivity contribution < 1.29 is 0 Å². The Morgan fingerprint density at radius 1 is 0.688 bits per heavy atom. The van der Waals surface area contributed by atoms with Crippen LogP contribution in [0, 0.1) is 0 Å². The molecule has 1 atom stereocenters. The van der Waals surface area contributed by atoms with Crippen molar-refractivity contribution in [1.29, 1.82) is 0 Å². The first-order valence-corrected chi connectivity index (χ1v) is 13.8. The largest absolute Gasteiger partial charge is 0.117 e. The van der Waals surface area contributed by atoms with Gasteiger partial charge < -0.3 is 0 Å². The molecular formula is C31H36Si. The monoisotopic (exact) mass is 436 g/mol. The van der Waals surface area contributed by atoms with Crippen LogP contribution in [0.2, 0.25) is 5.04 Å². The van der Waals surface area contributed by atoms with Crippen molar-refractivity contribution in [3.63, 3.8) is 0 Å². The maximum atomic E-state index is 2.53. The minimum absolute atomic E-state index is 0.0296. The van der Waals surface area contributed by atoms with Gasteiger partial charge in [0, 0.05) is 5.04 Å². The number of hydrogen-bond donors (Lipinski definition) is 0. The molecule has 3 aromatic carbocycles. The van der Waals surface area contributed by atoms with E-state index in [1.165, 1.54) is 51.9 Å². The maximum absolute atomic E-state index is 2.53. The molecule has 0 radical (unpaired) electrons. The number of hydrogen-bond acceptors (Lipinski definition) is 0. The second-order valence-electron chi connectivity index (χ2n) is 9.51. The van der Waals surface area contributed by atoms with Crippen molar-refractivity contribution in [2.45, 2.75) is 58.9 Å². The van der Waals surface area contributed by atoms with Gasteiger partial charge in [-0.15, -0.1) is 0 Å². The van der Waals surface area contributed by atoms with Crippen LogP contribution in [0.15, 0.2) is 102 Å². The minimum Gasteiger partial charge on any atom is -0.0654 e. The van der Waals surface area contributed by atoms with Gasteiger partial charge in [-0.3, -0.25) is 0 Å². The summed E-state index contributed by atoms with van der Waals surface area (Å²) in [6.07, 6.45) is 3.68. The molecule has 0 nitrogen and oxygen atoms in total. The van der Waals surface area contributed by atoms with Gasteiger partial charge in [0.05, 0.1) is 0 Å². The molecule has 164 valence electrons. The van der Waals surface area contributed by atoms with Crippen molar-refractivity contribution in [3.05, 3.63) is 113 Å². The van der Waals surface area contributed by atoms with Crippen molar-refractivity contribution in [2.75, 3.05) is 0 Å². The Morgan fingerprint density at radius 3 is 1.72 bits per heavy atom. The molecule has 0 spiro atoms. The topological polar surface area (TPSA) is 0 Å². The Morgan fingerprint density at radius 2 is 1.22 bits per heavy atom. The van der Waals surface area contributed by atoms with Crippen molar-refractivity contribution in [2.24, 2.45) is 0 Å². The summed E-state index contributed by atoms with van der Waals surface area (Å²) >= 11 is 0. The first kappa shape index (κ1) is 22.5. The van der Waals surface area contributed by atoms with E-state index in [1.54, 1.807) is 11.1 Å². The first-order valence-electron chi connectivity index (χ1n) is 12.1. The van der Waals surface area contributed by atoms with E-state index >= 15 is 0 Å². The highest BCUT2D eigenvalue weighted by molar-refractivity contribution is 6.89. The Kier molecular flexibility index (Phi) is 6.67. The fourth-order valence-corrected chi connectivity index (χ4v) is 9.94. The predicted molar refractivity (Wildman–Crippen MR) is 144 cm³/mol. The summed E-state index contributed by atoms with van der Waals surface area (Å²) in [6, 6.07) is 32.0. The van der Waals surface area contributed by atoms with Crippen LogP contribution in [0.3, 0.4) is 0 Å². The Bertz CT molecular complexity index is 1080. The fraction of sp³-hybridized carbons (Fsp3) is 0.290. The summed E-state index contributed by atoms with van der Waals surface area (Å²) in [7, 11) is -1.63. The Hall–Kier alpha value is -2.64. The predicted octanol–water partition coefficient (Wildman–Crippen LogP) is 6.95. The van der Waals surface area contributed by atoms with Crippen LogP contribution in [-0.4, -0.2) is 8.80 Å². The van der Waals surface area contributed by atoms with E-state index in [1.807, 2.05) is 0 Å². The average Bonchev–Trinajstić information content (AvgIpc) is 3.00. The van der Waals surface area contributed by atoms with Crippen LogP contribution in [0.1, 0.15) is 58.6 Å².